The van der Waals surface area contributed by atoms with Gasteiger partial charge in [0.15, 0.2) is 0 Å². The molecule has 0 unspecified atom stereocenters. The van der Waals surface area contributed by atoms with Gasteiger partial charge in [-0.15, -0.1) is 0 Å². The third-order valence-electron chi connectivity index (χ3n) is 7.81. The zero-order valence-electron chi connectivity index (χ0n) is 18.7. The Bertz CT molecular complexity index is 380. The molecule has 2 aliphatic rings. The number of ketones is 1. The molecule has 0 aliphatic heterocycles. The molecular formula is C25H46O. The standard InChI is InChI=1S/C25H46O/c1-24(2,3)21-13-7-19(8-14-21)11-17-23(26)18-12-20-9-15-22(16-10-20)25(4,5)6/h19-22H,7-18H2,1-6H3. The molecule has 0 aromatic heterocycles. The second-order valence-corrected chi connectivity index (χ2v) is 11.8. The summed E-state index contributed by atoms with van der Waals surface area (Å²) in [5.74, 6) is 3.95. The topological polar surface area (TPSA) is 17.1 Å². The zero-order chi connectivity index (χ0) is 19.4. The lowest BCUT2D eigenvalue weighted by atomic mass is 9.69. The molecule has 0 N–H and O–H groups in total. The third-order valence-corrected chi connectivity index (χ3v) is 7.81. The van der Waals surface area contributed by atoms with Gasteiger partial charge in [-0.2, -0.15) is 0 Å². The van der Waals surface area contributed by atoms with E-state index in [9.17, 15) is 4.79 Å². The minimum atomic E-state index is 0.465. The minimum Gasteiger partial charge on any atom is -0.300 e. The Morgan fingerprint density at radius 1 is 0.615 bits per heavy atom. The Kier molecular flexibility index (Phi) is 7.81. The smallest absolute Gasteiger partial charge is 0.132 e. The molecule has 2 rings (SSSR count). The maximum absolute atomic E-state index is 12.4. The summed E-state index contributed by atoms with van der Waals surface area (Å²) in [4.78, 5) is 12.4. The van der Waals surface area contributed by atoms with E-state index in [-0.39, 0.29) is 0 Å². The normalized spacial score (nSPS) is 31.0. The van der Waals surface area contributed by atoms with Crippen LogP contribution in [0.1, 0.15) is 119 Å². The minimum absolute atomic E-state index is 0.465. The van der Waals surface area contributed by atoms with Crippen LogP contribution in [0.5, 0.6) is 0 Å². The number of hydrogen-bond donors (Lipinski definition) is 0. The lowest BCUT2D eigenvalue weighted by Gasteiger charge is -2.37. The molecule has 152 valence electrons. The molecule has 0 amide bonds. The second-order valence-electron chi connectivity index (χ2n) is 11.8. The van der Waals surface area contributed by atoms with Gasteiger partial charge in [0.2, 0.25) is 0 Å². The Hall–Kier alpha value is -0.330. The maximum Gasteiger partial charge on any atom is 0.132 e. The summed E-state index contributed by atoms with van der Waals surface area (Å²) < 4.78 is 0. The molecule has 0 radical (unpaired) electrons. The highest BCUT2D eigenvalue weighted by Crippen LogP contribution is 2.42. The van der Waals surface area contributed by atoms with Gasteiger partial charge < -0.3 is 0 Å². The van der Waals surface area contributed by atoms with Crippen LogP contribution in [0, 0.1) is 34.5 Å². The summed E-state index contributed by atoms with van der Waals surface area (Å²) in [5, 5.41) is 0. The van der Waals surface area contributed by atoms with Crippen molar-refractivity contribution in [1.82, 2.24) is 0 Å². The van der Waals surface area contributed by atoms with E-state index in [0.29, 0.717) is 16.6 Å². The summed E-state index contributed by atoms with van der Waals surface area (Å²) >= 11 is 0. The summed E-state index contributed by atoms with van der Waals surface area (Å²) in [6, 6.07) is 0. The van der Waals surface area contributed by atoms with Crippen LogP contribution in [-0.2, 0) is 4.79 Å². The summed E-state index contributed by atoms with van der Waals surface area (Å²) in [6.07, 6.45) is 14.9. The molecule has 1 nitrogen and oxygen atoms in total. The average Bonchev–Trinajstić information content (AvgIpc) is 2.57. The van der Waals surface area contributed by atoms with E-state index in [1.165, 1.54) is 51.4 Å². The molecule has 2 saturated carbocycles. The Balaban J connectivity index is 1.58. The number of carbonyl (C=O) groups excluding carboxylic acids is 1. The van der Waals surface area contributed by atoms with Crippen LogP contribution in [-0.4, -0.2) is 5.78 Å². The van der Waals surface area contributed by atoms with E-state index in [2.05, 4.69) is 41.5 Å². The third kappa shape index (κ3) is 7.01. The molecule has 0 aromatic rings. The van der Waals surface area contributed by atoms with Crippen LogP contribution in [0.25, 0.3) is 0 Å². The monoisotopic (exact) mass is 362 g/mol. The quantitative estimate of drug-likeness (QED) is 0.470. The first kappa shape index (κ1) is 22.0. The van der Waals surface area contributed by atoms with Crippen LogP contribution >= 0.6 is 0 Å². The Morgan fingerprint density at radius 3 is 1.19 bits per heavy atom. The highest BCUT2D eigenvalue weighted by atomic mass is 16.1. The predicted octanol–water partition coefficient (Wildman–Crippen LogP) is 7.82. The van der Waals surface area contributed by atoms with E-state index >= 15 is 0 Å². The highest BCUT2D eigenvalue weighted by Gasteiger charge is 2.31. The van der Waals surface area contributed by atoms with E-state index in [1.807, 2.05) is 0 Å². The first-order chi connectivity index (χ1) is 12.1. The van der Waals surface area contributed by atoms with E-state index < -0.39 is 0 Å². The molecule has 1 heteroatoms. The first-order valence-corrected chi connectivity index (χ1v) is 11.6. The molecule has 0 atom stereocenters. The van der Waals surface area contributed by atoms with Crippen molar-refractivity contribution in [3.63, 3.8) is 0 Å². The first-order valence-electron chi connectivity index (χ1n) is 11.6. The van der Waals surface area contributed by atoms with E-state index in [4.69, 9.17) is 0 Å². The summed E-state index contributed by atoms with van der Waals surface area (Å²) in [6.45, 7) is 14.3. The van der Waals surface area contributed by atoms with Gasteiger partial charge in [-0.3, -0.25) is 4.79 Å². The van der Waals surface area contributed by atoms with Crippen molar-refractivity contribution in [2.45, 2.75) is 119 Å². The number of rotatable bonds is 6. The molecule has 0 aromatic carbocycles. The van der Waals surface area contributed by atoms with Crippen molar-refractivity contribution >= 4 is 5.78 Å². The Morgan fingerprint density at radius 2 is 0.923 bits per heavy atom. The molecule has 26 heavy (non-hydrogen) atoms. The fraction of sp³-hybridized carbons (Fsp3) is 0.960. The van der Waals surface area contributed by atoms with Crippen molar-refractivity contribution in [2.24, 2.45) is 34.5 Å². The van der Waals surface area contributed by atoms with Crippen LogP contribution in [0.4, 0.5) is 0 Å². The number of hydrogen-bond acceptors (Lipinski definition) is 1. The predicted molar refractivity (Wildman–Crippen MR) is 113 cm³/mol. The van der Waals surface area contributed by atoms with Gasteiger partial charge in [0.05, 0.1) is 0 Å². The molecule has 0 heterocycles. The average molecular weight is 363 g/mol. The van der Waals surface area contributed by atoms with Crippen LogP contribution in [0.15, 0.2) is 0 Å². The molecule has 0 bridgehead atoms. The largest absolute Gasteiger partial charge is 0.300 e. The summed E-state index contributed by atoms with van der Waals surface area (Å²) in [5.41, 5.74) is 0.930. The van der Waals surface area contributed by atoms with E-state index in [1.54, 1.807) is 0 Å². The van der Waals surface area contributed by atoms with Gasteiger partial charge in [-0.1, -0.05) is 67.2 Å². The Labute approximate surface area is 164 Å². The number of Topliss-reactive ketones (excluding diaryl/α,β-unsaturated/α-hetero) is 1. The van der Waals surface area contributed by atoms with Gasteiger partial charge in [-0.25, -0.2) is 0 Å². The van der Waals surface area contributed by atoms with Crippen molar-refractivity contribution in [1.29, 1.82) is 0 Å². The van der Waals surface area contributed by atoms with Gasteiger partial charge >= 0.3 is 0 Å². The van der Waals surface area contributed by atoms with Crippen molar-refractivity contribution < 1.29 is 4.79 Å². The van der Waals surface area contributed by atoms with Crippen LogP contribution in [0.3, 0.4) is 0 Å². The van der Waals surface area contributed by atoms with Gasteiger partial charge in [-0.05, 0) is 73.0 Å². The van der Waals surface area contributed by atoms with Gasteiger partial charge in [0.25, 0.3) is 0 Å². The van der Waals surface area contributed by atoms with Crippen molar-refractivity contribution in [3.8, 4) is 0 Å². The van der Waals surface area contributed by atoms with Crippen LogP contribution < -0.4 is 0 Å². The highest BCUT2D eigenvalue weighted by molar-refractivity contribution is 5.78. The molecule has 0 spiro atoms. The lowest BCUT2D eigenvalue weighted by Crippen LogP contribution is -2.26. The van der Waals surface area contributed by atoms with Gasteiger partial charge in [0, 0.05) is 12.8 Å². The van der Waals surface area contributed by atoms with Crippen LogP contribution in [0.2, 0.25) is 0 Å². The molecule has 0 saturated heterocycles. The maximum atomic E-state index is 12.4. The lowest BCUT2D eigenvalue weighted by molar-refractivity contribution is -0.119. The molecular weight excluding hydrogens is 316 g/mol. The summed E-state index contributed by atoms with van der Waals surface area (Å²) in [7, 11) is 0. The second kappa shape index (κ2) is 9.24. The molecule has 2 fully saturated rings. The SMILES string of the molecule is CC(C)(C)C1CCC(CCC(=O)CCC2CCC(C(C)(C)C)CC2)CC1. The zero-order valence-corrected chi connectivity index (χ0v) is 18.7. The van der Waals surface area contributed by atoms with Crippen molar-refractivity contribution in [2.75, 3.05) is 0 Å². The van der Waals surface area contributed by atoms with E-state index in [0.717, 1.165) is 49.4 Å². The molecule has 2 aliphatic carbocycles. The number of carbonyl (C=O) groups is 1. The van der Waals surface area contributed by atoms with Gasteiger partial charge in [0.1, 0.15) is 5.78 Å². The van der Waals surface area contributed by atoms with Crippen molar-refractivity contribution in [3.05, 3.63) is 0 Å². The fourth-order valence-electron chi connectivity index (χ4n) is 5.49. The fourth-order valence-corrected chi connectivity index (χ4v) is 5.49.